The molecule has 0 aromatic heterocycles. The number of hydrogen-bond donors (Lipinski definition) is 1. The smallest absolute Gasteiger partial charge is 0.163 e. The minimum Gasteiger partial charge on any atom is -0.345 e. The molecule has 1 N–H and O–H groups in total. The molecule has 0 amide bonds. The van der Waals surface area contributed by atoms with Crippen molar-refractivity contribution in [2.75, 3.05) is 5.32 Å². The summed E-state index contributed by atoms with van der Waals surface area (Å²) in [5, 5.41) is 31.4. The molecule has 0 aliphatic carbocycles. The van der Waals surface area contributed by atoms with Crippen molar-refractivity contribution in [3.8, 4) is 18.2 Å². The van der Waals surface area contributed by atoms with Crippen LogP contribution >= 0.6 is 15.9 Å². The maximum absolute atomic E-state index is 8.99. The summed E-state index contributed by atoms with van der Waals surface area (Å²) in [4.78, 5) is 0. The summed E-state index contributed by atoms with van der Waals surface area (Å²) in [5.41, 5.74) is 0.370. The number of anilines is 1. The SMILES string of the molecule is N#CC(C#N)=C(C#N)Nc1ccc2cc(Br)ccc2c1. The highest BCUT2D eigenvalue weighted by molar-refractivity contribution is 9.10. The fourth-order valence-electron chi connectivity index (χ4n) is 1.72. The molecule has 0 spiro atoms. The van der Waals surface area contributed by atoms with Gasteiger partial charge in [0.1, 0.15) is 23.9 Å². The van der Waals surface area contributed by atoms with Crippen molar-refractivity contribution in [2.45, 2.75) is 0 Å². The third-order valence-electron chi connectivity index (χ3n) is 2.66. The van der Waals surface area contributed by atoms with Gasteiger partial charge in [-0.25, -0.2) is 0 Å². The van der Waals surface area contributed by atoms with Crippen molar-refractivity contribution >= 4 is 32.4 Å². The van der Waals surface area contributed by atoms with Gasteiger partial charge in [-0.05, 0) is 35.0 Å². The minimum absolute atomic E-state index is 0.0496. The molecule has 20 heavy (non-hydrogen) atoms. The lowest BCUT2D eigenvalue weighted by atomic mass is 10.1. The monoisotopic (exact) mass is 322 g/mol. The van der Waals surface area contributed by atoms with Crippen LogP contribution in [-0.2, 0) is 0 Å². The highest BCUT2D eigenvalue weighted by atomic mass is 79.9. The Morgan fingerprint density at radius 1 is 0.900 bits per heavy atom. The van der Waals surface area contributed by atoms with Gasteiger partial charge in [-0.2, -0.15) is 15.8 Å². The van der Waals surface area contributed by atoms with Crippen LogP contribution < -0.4 is 5.32 Å². The molecule has 94 valence electrons. The van der Waals surface area contributed by atoms with Crippen LogP contribution in [0.25, 0.3) is 10.8 Å². The molecule has 0 saturated heterocycles. The van der Waals surface area contributed by atoms with E-state index in [4.69, 9.17) is 15.8 Å². The summed E-state index contributed by atoms with van der Waals surface area (Å²) in [7, 11) is 0. The molecule has 0 saturated carbocycles. The molecule has 0 unspecified atom stereocenters. The van der Waals surface area contributed by atoms with Gasteiger partial charge in [0.2, 0.25) is 0 Å². The van der Waals surface area contributed by atoms with Crippen LogP contribution in [-0.4, -0.2) is 0 Å². The molecule has 0 fully saturated rings. The zero-order valence-corrected chi connectivity index (χ0v) is 11.8. The Bertz CT molecular complexity index is 816. The number of nitrogens with zero attached hydrogens (tertiary/aromatic N) is 3. The lowest BCUT2D eigenvalue weighted by molar-refractivity contribution is 1.37. The van der Waals surface area contributed by atoms with Crippen LogP contribution in [0.2, 0.25) is 0 Å². The fourth-order valence-corrected chi connectivity index (χ4v) is 2.10. The van der Waals surface area contributed by atoms with E-state index < -0.39 is 0 Å². The first kappa shape index (κ1) is 13.6. The highest BCUT2D eigenvalue weighted by Crippen LogP contribution is 2.23. The topological polar surface area (TPSA) is 83.4 Å². The first-order valence-electron chi connectivity index (χ1n) is 5.59. The van der Waals surface area contributed by atoms with E-state index in [2.05, 4.69) is 21.2 Å². The molecular weight excluding hydrogens is 316 g/mol. The summed E-state index contributed by atoms with van der Waals surface area (Å²) in [6.07, 6.45) is 0. The van der Waals surface area contributed by atoms with Crippen LogP contribution in [0.5, 0.6) is 0 Å². The molecule has 0 bridgehead atoms. The normalized spacial score (nSPS) is 9.10. The van der Waals surface area contributed by atoms with Gasteiger partial charge in [0, 0.05) is 10.2 Å². The maximum Gasteiger partial charge on any atom is 0.163 e. The quantitative estimate of drug-likeness (QED) is 0.851. The van der Waals surface area contributed by atoms with Gasteiger partial charge < -0.3 is 5.32 Å². The van der Waals surface area contributed by atoms with Crippen LogP contribution in [0, 0.1) is 34.0 Å². The molecule has 0 atom stereocenters. The van der Waals surface area contributed by atoms with Gasteiger partial charge in [0.25, 0.3) is 0 Å². The summed E-state index contributed by atoms with van der Waals surface area (Å²) in [5.74, 6) is 0. The van der Waals surface area contributed by atoms with Gasteiger partial charge in [0.05, 0.1) is 0 Å². The Morgan fingerprint density at radius 3 is 2.20 bits per heavy atom. The van der Waals surface area contributed by atoms with Crippen molar-refractivity contribution in [1.29, 1.82) is 15.8 Å². The molecule has 0 aliphatic heterocycles. The minimum atomic E-state index is -0.233. The van der Waals surface area contributed by atoms with E-state index in [0.29, 0.717) is 5.69 Å². The van der Waals surface area contributed by atoms with E-state index in [1.54, 1.807) is 18.2 Å². The van der Waals surface area contributed by atoms with Crippen LogP contribution in [0.15, 0.2) is 52.1 Å². The van der Waals surface area contributed by atoms with Crippen LogP contribution in [0.1, 0.15) is 0 Å². The van der Waals surface area contributed by atoms with E-state index >= 15 is 0 Å². The average Bonchev–Trinajstić information content (AvgIpc) is 2.47. The summed E-state index contributed by atoms with van der Waals surface area (Å²) >= 11 is 3.40. The third-order valence-corrected chi connectivity index (χ3v) is 3.15. The van der Waals surface area contributed by atoms with E-state index in [9.17, 15) is 0 Å². The van der Waals surface area contributed by atoms with Crippen molar-refractivity contribution in [3.05, 3.63) is 52.1 Å². The Morgan fingerprint density at radius 2 is 1.55 bits per heavy atom. The number of halogens is 1. The molecule has 0 heterocycles. The van der Waals surface area contributed by atoms with E-state index in [-0.39, 0.29) is 11.3 Å². The maximum atomic E-state index is 8.99. The Hall–Kier alpha value is -2.81. The van der Waals surface area contributed by atoms with Gasteiger partial charge in [-0.3, -0.25) is 0 Å². The Kier molecular flexibility index (Phi) is 4.01. The standard InChI is InChI=1S/C15H7BrN4/c16-13-3-1-11-6-14(4-2-10(11)5-13)20-15(9-19)12(7-17)8-18/h1-6,20H. The average molecular weight is 323 g/mol. The zero-order valence-electron chi connectivity index (χ0n) is 10.2. The van der Waals surface area contributed by atoms with Gasteiger partial charge >= 0.3 is 0 Å². The number of hydrogen-bond acceptors (Lipinski definition) is 4. The summed E-state index contributed by atoms with van der Waals surface area (Å²) < 4.78 is 0.986. The number of fused-ring (bicyclic) bond motifs is 1. The molecule has 0 aliphatic rings. The first-order chi connectivity index (χ1) is 9.67. The molecule has 2 rings (SSSR count). The highest BCUT2D eigenvalue weighted by Gasteiger charge is 2.06. The molecular formula is C15H7BrN4. The zero-order chi connectivity index (χ0) is 14.5. The third kappa shape index (κ3) is 2.78. The Labute approximate surface area is 124 Å². The molecule has 4 nitrogen and oxygen atoms in total. The van der Waals surface area contributed by atoms with E-state index in [1.165, 1.54) is 0 Å². The van der Waals surface area contributed by atoms with Crippen molar-refractivity contribution in [3.63, 3.8) is 0 Å². The summed E-state index contributed by atoms with van der Waals surface area (Å²) in [6, 6.07) is 16.6. The first-order valence-corrected chi connectivity index (χ1v) is 6.38. The lowest BCUT2D eigenvalue weighted by Crippen LogP contribution is -2.00. The number of nitriles is 3. The predicted molar refractivity (Wildman–Crippen MR) is 79.1 cm³/mol. The van der Waals surface area contributed by atoms with Crippen molar-refractivity contribution < 1.29 is 0 Å². The predicted octanol–water partition coefficient (Wildman–Crippen LogP) is 3.84. The van der Waals surface area contributed by atoms with Crippen LogP contribution in [0.3, 0.4) is 0 Å². The molecule has 2 aromatic rings. The second kappa shape index (κ2) is 5.89. The van der Waals surface area contributed by atoms with E-state index in [0.717, 1.165) is 15.2 Å². The fraction of sp³-hybridized carbons (Fsp3) is 0. The van der Waals surface area contributed by atoms with Crippen molar-refractivity contribution in [1.82, 2.24) is 0 Å². The largest absolute Gasteiger partial charge is 0.345 e. The van der Waals surface area contributed by atoms with Crippen molar-refractivity contribution in [2.24, 2.45) is 0 Å². The van der Waals surface area contributed by atoms with Gasteiger partial charge in [-0.1, -0.05) is 28.1 Å². The number of allylic oxidation sites excluding steroid dienone is 2. The molecule has 0 radical (unpaired) electrons. The molecule has 2 aromatic carbocycles. The molecule has 5 heteroatoms. The number of benzene rings is 2. The lowest BCUT2D eigenvalue weighted by Gasteiger charge is -2.06. The number of rotatable bonds is 2. The van der Waals surface area contributed by atoms with Crippen LogP contribution in [0.4, 0.5) is 5.69 Å². The van der Waals surface area contributed by atoms with Gasteiger partial charge in [0.15, 0.2) is 5.57 Å². The Balaban J connectivity index is 2.43. The number of nitrogens with one attached hydrogen (secondary N) is 1. The second-order valence-corrected chi connectivity index (χ2v) is 4.83. The summed E-state index contributed by atoms with van der Waals surface area (Å²) in [6.45, 7) is 0. The van der Waals surface area contributed by atoms with E-state index in [1.807, 2.05) is 36.4 Å². The van der Waals surface area contributed by atoms with Gasteiger partial charge in [-0.15, -0.1) is 0 Å². The second-order valence-electron chi connectivity index (χ2n) is 3.92.